The highest BCUT2D eigenvalue weighted by Gasteiger charge is 2.22. The summed E-state index contributed by atoms with van der Waals surface area (Å²) in [6.45, 7) is 9.37. The minimum Gasteiger partial charge on any atom is -0.508 e. The molecule has 1 aliphatic rings. The number of phenols is 1. The van der Waals surface area contributed by atoms with Crippen LogP contribution in [0.15, 0.2) is 54.8 Å². The van der Waals surface area contributed by atoms with Gasteiger partial charge in [0.2, 0.25) is 5.91 Å². The number of fused-ring (bicyclic) bond motifs is 1. The largest absolute Gasteiger partial charge is 0.508 e. The Morgan fingerprint density at radius 3 is 2.82 bits per heavy atom. The second-order valence-corrected chi connectivity index (χ2v) is 8.41. The van der Waals surface area contributed by atoms with Crippen molar-refractivity contribution < 1.29 is 9.90 Å². The van der Waals surface area contributed by atoms with Crippen LogP contribution in [0.2, 0.25) is 0 Å². The topological polar surface area (TPSA) is 107 Å². The zero-order chi connectivity index (χ0) is 23.5. The summed E-state index contributed by atoms with van der Waals surface area (Å²) in [5, 5.41) is 21.8. The average Bonchev–Trinajstić information content (AvgIpc) is 3.27. The minimum atomic E-state index is -0.432. The van der Waals surface area contributed by atoms with E-state index < -0.39 is 6.04 Å². The Balaban J connectivity index is 1.50. The van der Waals surface area contributed by atoms with Crippen molar-refractivity contribution in [2.24, 2.45) is 5.73 Å². The van der Waals surface area contributed by atoms with Gasteiger partial charge in [0, 0.05) is 30.6 Å². The van der Waals surface area contributed by atoms with Crippen LogP contribution in [-0.4, -0.2) is 45.2 Å². The Morgan fingerprint density at radius 2 is 2.12 bits per heavy atom. The molecule has 5 N–H and O–H groups in total. The van der Waals surface area contributed by atoms with E-state index in [1.807, 2.05) is 31.2 Å². The number of aromatic hydroxyl groups is 1. The summed E-state index contributed by atoms with van der Waals surface area (Å²) < 4.78 is 0. The van der Waals surface area contributed by atoms with Crippen molar-refractivity contribution in [3.8, 4) is 16.9 Å². The van der Waals surface area contributed by atoms with E-state index in [0.29, 0.717) is 31.6 Å². The molecule has 0 saturated carbocycles. The molecule has 2 heterocycles. The van der Waals surface area contributed by atoms with Crippen molar-refractivity contribution in [1.29, 1.82) is 0 Å². The van der Waals surface area contributed by atoms with Gasteiger partial charge in [0.25, 0.3) is 0 Å². The molecule has 172 valence electrons. The molecule has 1 atom stereocenters. The van der Waals surface area contributed by atoms with Crippen molar-refractivity contribution in [3.05, 3.63) is 66.0 Å². The number of hydrogen-bond donors (Lipinski definition) is 4. The lowest BCUT2D eigenvalue weighted by Gasteiger charge is -2.29. The molecule has 0 fully saturated rings. The predicted molar refractivity (Wildman–Crippen MR) is 132 cm³/mol. The first kappa shape index (κ1) is 22.6. The van der Waals surface area contributed by atoms with Gasteiger partial charge in [0.1, 0.15) is 11.4 Å². The molecule has 4 rings (SSSR count). The monoisotopic (exact) mass is 445 g/mol. The molecule has 0 saturated heterocycles. The summed E-state index contributed by atoms with van der Waals surface area (Å²) in [5.74, 6) is 0.279. The number of nitrogens with two attached hydrogens (primary N) is 1. The van der Waals surface area contributed by atoms with Crippen molar-refractivity contribution in [2.45, 2.75) is 39.2 Å². The summed E-state index contributed by atoms with van der Waals surface area (Å²) in [6.07, 6.45) is 4.20. The number of benzene rings is 2. The molecule has 33 heavy (non-hydrogen) atoms. The highest BCUT2D eigenvalue weighted by atomic mass is 16.3. The number of aryl methyl sites for hydroxylation is 1. The van der Waals surface area contributed by atoms with E-state index in [1.165, 1.54) is 0 Å². The summed E-state index contributed by atoms with van der Waals surface area (Å²) in [6, 6.07) is 11.2. The number of nitrogens with zero attached hydrogens (tertiary/aromatic N) is 2. The van der Waals surface area contributed by atoms with E-state index in [1.54, 1.807) is 11.0 Å². The van der Waals surface area contributed by atoms with Gasteiger partial charge in [-0.25, -0.2) is 0 Å². The van der Waals surface area contributed by atoms with Crippen LogP contribution in [0.3, 0.4) is 0 Å². The Hall–Kier alpha value is -3.58. The SMILES string of the molecule is C=C(NC1=CCN(C(=O)C(N)CC)CC1)c1n[nH]c2cc(-c3ccc(O)cc3CC)ccc12. The highest BCUT2D eigenvalue weighted by Crippen LogP contribution is 2.31. The van der Waals surface area contributed by atoms with E-state index >= 15 is 0 Å². The lowest BCUT2D eigenvalue weighted by molar-refractivity contribution is -0.132. The molecule has 1 unspecified atom stereocenters. The number of amides is 1. The van der Waals surface area contributed by atoms with Crippen molar-refractivity contribution in [3.63, 3.8) is 0 Å². The standard InChI is InChI=1S/C26H31N5O2/c1-4-17-14-20(32)7-9-21(17)18-6-8-22-24(15-18)29-30-25(22)16(3)28-19-10-12-31(13-11-19)26(33)23(27)5-2/h6-10,14-15,23,28,32H,3-5,11-13,27H2,1-2H3,(H,29,30). The Bertz CT molecular complexity index is 1230. The molecular weight excluding hydrogens is 414 g/mol. The van der Waals surface area contributed by atoms with E-state index in [-0.39, 0.29) is 11.7 Å². The third-order valence-corrected chi connectivity index (χ3v) is 6.22. The second kappa shape index (κ2) is 9.50. The van der Waals surface area contributed by atoms with Crippen molar-refractivity contribution >= 4 is 22.5 Å². The second-order valence-electron chi connectivity index (χ2n) is 8.41. The normalized spacial score (nSPS) is 14.8. The molecule has 0 bridgehead atoms. The summed E-state index contributed by atoms with van der Waals surface area (Å²) in [4.78, 5) is 14.1. The predicted octanol–water partition coefficient (Wildman–Crippen LogP) is 3.91. The Labute approximate surface area is 194 Å². The van der Waals surface area contributed by atoms with Crippen LogP contribution in [0.4, 0.5) is 0 Å². The molecule has 1 aromatic heterocycles. The molecule has 0 radical (unpaired) electrons. The fraction of sp³-hybridized carbons (Fsp3) is 0.308. The van der Waals surface area contributed by atoms with E-state index in [4.69, 9.17) is 5.73 Å². The van der Waals surface area contributed by atoms with Crippen LogP contribution in [0.1, 0.15) is 37.9 Å². The van der Waals surface area contributed by atoms with Crippen LogP contribution in [0.25, 0.3) is 27.7 Å². The van der Waals surface area contributed by atoms with Gasteiger partial charge in [-0.1, -0.05) is 32.6 Å². The molecule has 7 nitrogen and oxygen atoms in total. The molecule has 1 aliphatic heterocycles. The zero-order valence-corrected chi connectivity index (χ0v) is 19.2. The third-order valence-electron chi connectivity index (χ3n) is 6.22. The molecular formula is C26H31N5O2. The van der Waals surface area contributed by atoms with Gasteiger partial charge < -0.3 is 21.1 Å². The number of nitrogens with one attached hydrogen (secondary N) is 2. The van der Waals surface area contributed by atoms with Gasteiger partial charge in [-0.2, -0.15) is 5.10 Å². The van der Waals surface area contributed by atoms with Crippen LogP contribution >= 0.6 is 0 Å². The molecule has 3 aromatic rings. The Kier molecular flexibility index (Phi) is 6.51. The maximum atomic E-state index is 12.3. The van der Waals surface area contributed by atoms with Gasteiger partial charge in [0.05, 0.1) is 17.3 Å². The first-order chi connectivity index (χ1) is 15.9. The van der Waals surface area contributed by atoms with E-state index in [2.05, 4.69) is 41.1 Å². The smallest absolute Gasteiger partial charge is 0.239 e. The highest BCUT2D eigenvalue weighted by molar-refractivity contribution is 5.92. The first-order valence-corrected chi connectivity index (χ1v) is 11.4. The summed E-state index contributed by atoms with van der Waals surface area (Å²) in [5.41, 5.74) is 12.6. The lowest BCUT2D eigenvalue weighted by atomic mass is 9.96. The maximum absolute atomic E-state index is 12.3. The lowest BCUT2D eigenvalue weighted by Crippen LogP contribution is -2.45. The van der Waals surface area contributed by atoms with Crippen molar-refractivity contribution in [1.82, 2.24) is 20.4 Å². The van der Waals surface area contributed by atoms with Crippen LogP contribution in [0.5, 0.6) is 5.75 Å². The maximum Gasteiger partial charge on any atom is 0.239 e. The minimum absolute atomic E-state index is 0.000542. The first-order valence-electron chi connectivity index (χ1n) is 11.4. The number of aromatic nitrogens is 2. The molecule has 7 heteroatoms. The van der Waals surface area contributed by atoms with Gasteiger partial charge >= 0.3 is 0 Å². The quantitative estimate of drug-likeness (QED) is 0.441. The van der Waals surface area contributed by atoms with Gasteiger partial charge in [-0.15, -0.1) is 0 Å². The van der Waals surface area contributed by atoms with Crippen LogP contribution < -0.4 is 11.1 Å². The molecule has 0 aliphatic carbocycles. The average molecular weight is 446 g/mol. The molecule has 2 aromatic carbocycles. The molecule has 1 amide bonds. The van der Waals surface area contributed by atoms with Gasteiger partial charge in [0.15, 0.2) is 0 Å². The summed E-state index contributed by atoms with van der Waals surface area (Å²) >= 11 is 0. The van der Waals surface area contributed by atoms with E-state index in [0.717, 1.165) is 45.4 Å². The number of carbonyl (C=O) groups is 1. The number of phenolic OH excluding ortho intramolecular Hbond substituents is 1. The van der Waals surface area contributed by atoms with Crippen LogP contribution in [0, 0.1) is 0 Å². The fourth-order valence-corrected chi connectivity index (χ4v) is 4.22. The molecule has 0 spiro atoms. The fourth-order valence-electron chi connectivity index (χ4n) is 4.22. The number of aromatic amines is 1. The zero-order valence-electron chi connectivity index (χ0n) is 19.2. The number of rotatable bonds is 7. The summed E-state index contributed by atoms with van der Waals surface area (Å²) in [7, 11) is 0. The van der Waals surface area contributed by atoms with E-state index in [9.17, 15) is 9.90 Å². The van der Waals surface area contributed by atoms with Crippen molar-refractivity contribution in [2.75, 3.05) is 13.1 Å². The number of carbonyl (C=O) groups excluding carboxylic acids is 1. The number of H-pyrrole nitrogens is 1. The number of hydrogen-bond acceptors (Lipinski definition) is 5. The Morgan fingerprint density at radius 1 is 1.30 bits per heavy atom. The van der Waals surface area contributed by atoms with Crippen LogP contribution in [-0.2, 0) is 11.2 Å². The van der Waals surface area contributed by atoms with Gasteiger partial charge in [-0.3, -0.25) is 9.89 Å². The van der Waals surface area contributed by atoms with Gasteiger partial charge in [-0.05, 0) is 59.9 Å². The third kappa shape index (κ3) is 4.64.